The molecule has 0 aliphatic carbocycles. The highest BCUT2D eigenvalue weighted by atomic mass is 32.1. The van der Waals surface area contributed by atoms with E-state index in [1.165, 1.54) is 30.4 Å². The van der Waals surface area contributed by atoms with Crippen molar-refractivity contribution in [3.05, 3.63) is 58.0 Å². The van der Waals surface area contributed by atoms with Crippen LogP contribution in [-0.4, -0.2) is 18.0 Å². The molecule has 0 saturated carbocycles. The number of rotatable bonds is 5. The summed E-state index contributed by atoms with van der Waals surface area (Å²) < 4.78 is 17.8. The summed E-state index contributed by atoms with van der Waals surface area (Å²) in [5.74, 6) is -1.26. The molecule has 0 spiro atoms. The van der Waals surface area contributed by atoms with Crippen molar-refractivity contribution in [2.24, 2.45) is 0 Å². The Morgan fingerprint density at radius 2 is 2.00 bits per heavy atom. The van der Waals surface area contributed by atoms with E-state index in [9.17, 15) is 14.0 Å². The van der Waals surface area contributed by atoms with Crippen LogP contribution in [0.4, 0.5) is 4.39 Å². The molecule has 1 N–H and O–H groups in total. The number of thiophene rings is 1. The first-order valence-corrected chi connectivity index (χ1v) is 7.26. The van der Waals surface area contributed by atoms with Gasteiger partial charge in [-0.05, 0) is 36.1 Å². The minimum atomic E-state index is -0.891. The molecule has 0 unspecified atom stereocenters. The van der Waals surface area contributed by atoms with Crippen molar-refractivity contribution in [3.63, 3.8) is 0 Å². The fourth-order valence-corrected chi connectivity index (χ4v) is 2.22. The second-order valence-corrected chi connectivity index (χ2v) is 5.18. The summed E-state index contributed by atoms with van der Waals surface area (Å²) in [6, 6.07) is 7.44. The zero-order valence-corrected chi connectivity index (χ0v) is 12.2. The van der Waals surface area contributed by atoms with Gasteiger partial charge in [-0.1, -0.05) is 12.1 Å². The summed E-state index contributed by atoms with van der Waals surface area (Å²) in [5.41, 5.74) is 1.19. The van der Waals surface area contributed by atoms with Crippen LogP contribution in [0.1, 0.15) is 22.8 Å². The monoisotopic (exact) mass is 307 g/mol. The van der Waals surface area contributed by atoms with Crippen LogP contribution in [0.5, 0.6) is 0 Å². The van der Waals surface area contributed by atoms with Crippen molar-refractivity contribution in [2.75, 3.05) is 0 Å². The Kier molecular flexibility index (Phi) is 5.05. The number of carbonyl (C=O) groups excluding carboxylic acids is 2. The Morgan fingerprint density at radius 3 is 2.62 bits per heavy atom. The number of carbonyl (C=O) groups is 2. The fraction of sp³-hybridized carbons (Fsp3) is 0.200. The predicted octanol–water partition coefficient (Wildman–Crippen LogP) is 2.75. The maximum atomic E-state index is 12.7. The molecule has 1 atom stereocenters. The van der Waals surface area contributed by atoms with Gasteiger partial charge in [-0.15, -0.1) is 0 Å². The van der Waals surface area contributed by atoms with Crippen LogP contribution in [0.2, 0.25) is 0 Å². The predicted molar refractivity (Wildman–Crippen MR) is 77.4 cm³/mol. The van der Waals surface area contributed by atoms with E-state index >= 15 is 0 Å². The topological polar surface area (TPSA) is 55.4 Å². The quantitative estimate of drug-likeness (QED) is 0.864. The van der Waals surface area contributed by atoms with Gasteiger partial charge in [0, 0.05) is 11.9 Å². The van der Waals surface area contributed by atoms with Crippen molar-refractivity contribution in [3.8, 4) is 0 Å². The molecule has 4 nitrogen and oxygen atoms in total. The van der Waals surface area contributed by atoms with Gasteiger partial charge in [0.1, 0.15) is 5.82 Å². The molecule has 1 aromatic carbocycles. The van der Waals surface area contributed by atoms with Crippen molar-refractivity contribution in [1.29, 1.82) is 0 Å². The Balaban J connectivity index is 1.82. The lowest BCUT2D eigenvalue weighted by Crippen LogP contribution is -2.35. The van der Waals surface area contributed by atoms with Crippen molar-refractivity contribution in [1.82, 2.24) is 5.32 Å². The van der Waals surface area contributed by atoms with Gasteiger partial charge in [0.25, 0.3) is 5.91 Å². The van der Waals surface area contributed by atoms with E-state index in [0.29, 0.717) is 5.56 Å². The average molecular weight is 307 g/mol. The van der Waals surface area contributed by atoms with E-state index in [1.807, 2.05) is 0 Å². The largest absolute Gasteiger partial charge is 0.449 e. The lowest BCUT2D eigenvalue weighted by Gasteiger charge is -2.13. The van der Waals surface area contributed by atoms with Crippen LogP contribution in [-0.2, 0) is 16.1 Å². The summed E-state index contributed by atoms with van der Waals surface area (Å²) in [5, 5.41) is 6.05. The van der Waals surface area contributed by atoms with Crippen molar-refractivity contribution < 1.29 is 18.7 Å². The van der Waals surface area contributed by atoms with E-state index in [-0.39, 0.29) is 12.4 Å². The van der Waals surface area contributed by atoms with E-state index in [1.54, 1.807) is 29.0 Å². The van der Waals surface area contributed by atoms with Gasteiger partial charge >= 0.3 is 5.97 Å². The van der Waals surface area contributed by atoms with Gasteiger partial charge in [-0.25, -0.2) is 9.18 Å². The molecule has 0 aliphatic heterocycles. The second kappa shape index (κ2) is 6.99. The lowest BCUT2D eigenvalue weighted by atomic mass is 10.2. The van der Waals surface area contributed by atoms with Crippen molar-refractivity contribution in [2.45, 2.75) is 19.6 Å². The van der Waals surface area contributed by atoms with Crippen LogP contribution >= 0.6 is 11.3 Å². The van der Waals surface area contributed by atoms with Crippen LogP contribution < -0.4 is 5.32 Å². The molecule has 1 aromatic heterocycles. The van der Waals surface area contributed by atoms with Crippen LogP contribution in [0, 0.1) is 5.82 Å². The molecule has 6 heteroatoms. The number of hydrogen-bond donors (Lipinski definition) is 1. The fourth-order valence-electron chi connectivity index (χ4n) is 1.60. The summed E-state index contributed by atoms with van der Waals surface area (Å²) in [7, 11) is 0. The molecule has 0 aliphatic rings. The van der Waals surface area contributed by atoms with Crippen molar-refractivity contribution >= 4 is 23.2 Å². The van der Waals surface area contributed by atoms with Gasteiger partial charge in [-0.2, -0.15) is 11.3 Å². The molecule has 0 fully saturated rings. The summed E-state index contributed by atoms with van der Waals surface area (Å²) in [6.45, 7) is 1.75. The van der Waals surface area contributed by atoms with Gasteiger partial charge in [-0.3, -0.25) is 4.79 Å². The van der Waals surface area contributed by atoms with Gasteiger partial charge in [0.05, 0.1) is 5.56 Å². The third-order valence-corrected chi connectivity index (χ3v) is 3.47. The molecule has 21 heavy (non-hydrogen) atoms. The summed E-state index contributed by atoms with van der Waals surface area (Å²) >= 11 is 1.38. The standard InChI is InChI=1S/C15H14FNO3S/c1-10(20-15(19)12-6-7-21-9-12)14(18)17-8-11-2-4-13(16)5-3-11/h2-7,9-10H,8H2,1H3,(H,17,18)/t10-/m1/s1. The minimum Gasteiger partial charge on any atom is -0.449 e. The molecular weight excluding hydrogens is 293 g/mol. The molecule has 2 rings (SSSR count). The molecule has 0 saturated heterocycles. The number of halogens is 1. The summed E-state index contributed by atoms with van der Waals surface area (Å²) in [6.07, 6.45) is -0.891. The van der Waals surface area contributed by atoms with Crippen LogP contribution in [0.15, 0.2) is 41.1 Å². The minimum absolute atomic E-state index is 0.249. The third kappa shape index (κ3) is 4.39. The average Bonchev–Trinajstić information content (AvgIpc) is 3.00. The Bertz CT molecular complexity index is 610. The van der Waals surface area contributed by atoms with Gasteiger partial charge in [0.2, 0.25) is 0 Å². The normalized spacial score (nSPS) is 11.7. The van der Waals surface area contributed by atoms with E-state index < -0.39 is 18.0 Å². The number of amides is 1. The molecule has 0 bridgehead atoms. The SMILES string of the molecule is C[C@@H](OC(=O)c1ccsc1)C(=O)NCc1ccc(F)cc1. The van der Waals surface area contributed by atoms with Gasteiger partial charge in [0.15, 0.2) is 6.10 Å². The van der Waals surface area contributed by atoms with Crippen LogP contribution in [0.25, 0.3) is 0 Å². The number of ether oxygens (including phenoxy) is 1. The van der Waals surface area contributed by atoms with E-state index in [0.717, 1.165) is 5.56 Å². The van der Waals surface area contributed by atoms with Gasteiger partial charge < -0.3 is 10.1 Å². The molecular formula is C15H14FNO3S. The number of nitrogens with one attached hydrogen (secondary N) is 1. The zero-order chi connectivity index (χ0) is 15.2. The number of hydrogen-bond acceptors (Lipinski definition) is 4. The smallest absolute Gasteiger partial charge is 0.339 e. The number of benzene rings is 1. The first kappa shape index (κ1) is 15.2. The lowest BCUT2D eigenvalue weighted by molar-refractivity contribution is -0.129. The Labute approximate surface area is 125 Å². The summed E-state index contributed by atoms with van der Waals surface area (Å²) in [4.78, 5) is 23.5. The Morgan fingerprint density at radius 1 is 1.29 bits per heavy atom. The third-order valence-electron chi connectivity index (χ3n) is 2.79. The highest BCUT2D eigenvalue weighted by molar-refractivity contribution is 7.08. The maximum absolute atomic E-state index is 12.7. The highest BCUT2D eigenvalue weighted by Crippen LogP contribution is 2.09. The van der Waals surface area contributed by atoms with Crippen LogP contribution in [0.3, 0.4) is 0 Å². The molecule has 110 valence electrons. The number of esters is 1. The van der Waals surface area contributed by atoms with E-state index in [2.05, 4.69) is 5.32 Å². The zero-order valence-electron chi connectivity index (χ0n) is 11.3. The first-order chi connectivity index (χ1) is 10.1. The first-order valence-electron chi connectivity index (χ1n) is 6.31. The molecule has 2 aromatic rings. The molecule has 0 radical (unpaired) electrons. The Hall–Kier alpha value is -2.21. The molecule has 1 amide bonds. The molecule has 1 heterocycles. The second-order valence-electron chi connectivity index (χ2n) is 4.40. The maximum Gasteiger partial charge on any atom is 0.339 e. The highest BCUT2D eigenvalue weighted by Gasteiger charge is 2.18. The van der Waals surface area contributed by atoms with E-state index in [4.69, 9.17) is 4.74 Å².